The Kier molecular flexibility index (Phi) is 4.30. The molecule has 5 heteroatoms. The Bertz CT molecular complexity index is 504. The van der Waals surface area contributed by atoms with Crippen LogP contribution < -0.4 is 0 Å². The van der Waals surface area contributed by atoms with Crippen molar-refractivity contribution in [1.29, 1.82) is 0 Å². The van der Waals surface area contributed by atoms with Gasteiger partial charge in [0.2, 0.25) is 11.8 Å². The molecule has 1 fully saturated rings. The van der Waals surface area contributed by atoms with E-state index in [4.69, 9.17) is 0 Å². The quantitative estimate of drug-likeness (QED) is 0.854. The molecule has 0 unspecified atom stereocenters. The van der Waals surface area contributed by atoms with E-state index in [1.807, 2.05) is 19.1 Å². The highest BCUT2D eigenvalue weighted by molar-refractivity contribution is 5.82. The van der Waals surface area contributed by atoms with Crippen molar-refractivity contribution in [3.8, 4) is 0 Å². The number of aromatic nitrogens is 1. The molecule has 0 N–H and O–H groups in total. The molecular formula is C16H22F2N2O. The monoisotopic (exact) mass is 296 g/mol. The number of carbonyl (C=O) groups is 1. The van der Waals surface area contributed by atoms with Crippen LogP contribution in [0.25, 0.3) is 0 Å². The highest BCUT2D eigenvalue weighted by Crippen LogP contribution is 2.44. The SMILES string of the molecule is Cc1ccc(CN(C)C(=O)C2(C)CCC(F)(F)CC2)nc1. The van der Waals surface area contributed by atoms with Crippen molar-refractivity contribution in [2.45, 2.75) is 52.0 Å². The van der Waals surface area contributed by atoms with Crippen LogP contribution in [0.15, 0.2) is 18.3 Å². The van der Waals surface area contributed by atoms with E-state index in [9.17, 15) is 13.6 Å². The molecule has 0 radical (unpaired) electrons. The van der Waals surface area contributed by atoms with Crippen molar-refractivity contribution in [3.05, 3.63) is 29.6 Å². The van der Waals surface area contributed by atoms with Gasteiger partial charge in [0.15, 0.2) is 0 Å². The van der Waals surface area contributed by atoms with Gasteiger partial charge in [-0.05, 0) is 31.4 Å². The second-order valence-corrected chi connectivity index (χ2v) is 6.40. The van der Waals surface area contributed by atoms with Crippen LogP contribution in [-0.4, -0.2) is 28.8 Å². The molecule has 1 aliphatic rings. The van der Waals surface area contributed by atoms with Crippen LogP contribution in [0.4, 0.5) is 8.78 Å². The molecule has 116 valence electrons. The van der Waals surface area contributed by atoms with Gasteiger partial charge in [-0.1, -0.05) is 13.0 Å². The van der Waals surface area contributed by atoms with Crippen molar-refractivity contribution >= 4 is 5.91 Å². The van der Waals surface area contributed by atoms with Crippen LogP contribution in [0.1, 0.15) is 43.9 Å². The normalized spacial score (nSPS) is 20.0. The Morgan fingerprint density at radius 1 is 1.29 bits per heavy atom. The van der Waals surface area contributed by atoms with Crippen molar-refractivity contribution in [2.24, 2.45) is 5.41 Å². The van der Waals surface area contributed by atoms with Gasteiger partial charge in [-0.15, -0.1) is 0 Å². The maximum absolute atomic E-state index is 13.3. The average molecular weight is 296 g/mol. The Balaban J connectivity index is 2.00. The van der Waals surface area contributed by atoms with E-state index in [-0.39, 0.29) is 31.6 Å². The number of halogens is 2. The molecular weight excluding hydrogens is 274 g/mol. The van der Waals surface area contributed by atoms with E-state index >= 15 is 0 Å². The van der Waals surface area contributed by atoms with Crippen LogP contribution >= 0.6 is 0 Å². The number of pyridine rings is 1. The molecule has 1 aliphatic carbocycles. The van der Waals surface area contributed by atoms with Gasteiger partial charge in [-0.3, -0.25) is 9.78 Å². The van der Waals surface area contributed by atoms with Crippen molar-refractivity contribution < 1.29 is 13.6 Å². The molecule has 0 atom stereocenters. The number of nitrogens with zero attached hydrogens (tertiary/aromatic N) is 2. The molecule has 0 bridgehead atoms. The number of carbonyl (C=O) groups excluding carboxylic acids is 1. The van der Waals surface area contributed by atoms with Crippen molar-refractivity contribution in [1.82, 2.24) is 9.88 Å². The summed E-state index contributed by atoms with van der Waals surface area (Å²) in [5.74, 6) is -2.68. The highest BCUT2D eigenvalue weighted by atomic mass is 19.3. The predicted octanol–water partition coefficient (Wildman–Crippen LogP) is 3.56. The Morgan fingerprint density at radius 2 is 1.90 bits per heavy atom. The average Bonchev–Trinajstić information content (AvgIpc) is 2.44. The fourth-order valence-electron chi connectivity index (χ4n) is 2.75. The lowest BCUT2D eigenvalue weighted by Crippen LogP contribution is -2.44. The fraction of sp³-hybridized carbons (Fsp3) is 0.625. The third kappa shape index (κ3) is 3.77. The van der Waals surface area contributed by atoms with Gasteiger partial charge in [0.05, 0.1) is 12.2 Å². The molecule has 1 heterocycles. The summed E-state index contributed by atoms with van der Waals surface area (Å²) in [6, 6.07) is 3.83. The zero-order valence-electron chi connectivity index (χ0n) is 12.8. The van der Waals surface area contributed by atoms with Crippen molar-refractivity contribution in [3.63, 3.8) is 0 Å². The molecule has 0 aromatic carbocycles. The molecule has 1 saturated carbocycles. The summed E-state index contributed by atoms with van der Waals surface area (Å²) in [7, 11) is 1.71. The zero-order valence-corrected chi connectivity index (χ0v) is 12.8. The molecule has 0 saturated heterocycles. The Hall–Kier alpha value is -1.52. The lowest BCUT2D eigenvalue weighted by molar-refractivity contribution is -0.147. The van der Waals surface area contributed by atoms with E-state index < -0.39 is 11.3 Å². The zero-order chi connectivity index (χ0) is 15.7. The lowest BCUT2D eigenvalue weighted by atomic mass is 9.73. The molecule has 1 aromatic heterocycles. The molecule has 1 amide bonds. The highest BCUT2D eigenvalue weighted by Gasteiger charge is 2.45. The fourth-order valence-corrected chi connectivity index (χ4v) is 2.75. The summed E-state index contributed by atoms with van der Waals surface area (Å²) < 4.78 is 26.5. The molecule has 21 heavy (non-hydrogen) atoms. The second kappa shape index (κ2) is 5.70. The molecule has 3 nitrogen and oxygen atoms in total. The molecule has 0 aliphatic heterocycles. The predicted molar refractivity (Wildman–Crippen MR) is 77.0 cm³/mol. The van der Waals surface area contributed by atoms with E-state index in [1.54, 1.807) is 25.1 Å². The summed E-state index contributed by atoms with van der Waals surface area (Å²) in [6.07, 6.45) is 1.84. The minimum atomic E-state index is -2.61. The minimum Gasteiger partial charge on any atom is -0.339 e. The first-order valence-corrected chi connectivity index (χ1v) is 7.27. The van der Waals surface area contributed by atoms with Gasteiger partial charge in [0.1, 0.15) is 0 Å². The third-order valence-electron chi connectivity index (χ3n) is 4.32. The topological polar surface area (TPSA) is 33.2 Å². The van der Waals surface area contributed by atoms with E-state index in [0.717, 1.165) is 11.3 Å². The van der Waals surface area contributed by atoms with E-state index in [1.165, 1.54) is 0 Å². The van der Waals surface area contributed by atoms with Crippen molar-refractivity contribution in [2.75, 3.05) is 7.05 Å². The molecule has 2 rings (SSSR count). The van der Waals surface area contributed by atoms with Crippen LogP contribution in [0.5, 0.6) is 0 Å². The van der Waals surface area contributed by atoms with E-state index in [2.05, 4.69) is 4.98 Å². The summed E-state index contributed by atoms with van der Waals surface area (Å²) in [6.45, 7) is 4.16. The van der Waals surface area contributed by atoms with Gasteiger partial charge in [0.25, 0.3) is 0 Å². The summed E-state index contributed by atoms with van der Waals surface area (Å²) in [5.41, 5.74) is 1.19. The smallest absolute Gasteiger partial charge is 0.248 e. The van der Waals surface area contributed by atoms with Gasteiger partial charge < -0.3 is 4.90 Å². The Morgan fingerprint density at radius 3 is 2.43 bits per heavy atom. The third-order valence-corrected chi connectivity index (χ3v) is 4.32. The van der Waals surface area contributed by atoms with Crippen LogP contribution in [0, 0.1) is 12.3 Å². The number of alkyl halides is 2. The number of rotatable bonds is 3. The van der Waals surface area contributed by atoms with Gasteiger partial charge >= 0.3 is 0 Å². The second-order valence-electron chi connectivity index (χ2n) is 6.40. The maximum atomic E-state index is 13.3. The summed E-state index contributed by atoms with van der Waals surface area (Å²) in [5, 5.41) is 0. The lowest BCUT2D eigenvalue weighted by Gasteiger charge is -2.38. The first-order chi connectivity index (χ1) is 9.72. The summed E-state index contributed by atoms with van der Waals surface area (Å²) >= 11 is 0. The number of hydrogen-bond acceptors (Lipinski definition) is 2. The van der Waals surface area contributed by atoms with E-state index in [0.29, 0.717) is 6.54 Å². The van der Waals surface area contributed by atoms with Gasteiger partial charge in [0, 0.05) is 31.5 Å². The molecule has 1 aromatic rings. The maximum Gasteiger partial charge on any atom is 0.248 e. The number of hydrogen-bond donors (Lipinski definition) is 0. The van der Waals surface area contributed by atoms with Crippen LogP contribution in [0.2, 0.25) is 0 Å². The molecule has 0 spiro atoms. The standard InChI is InChI=1S/C16H22F2N2O/c1-12-4-5-13(19-10-12)11-20(3)14(21)15(2)6-8-16(17,18)9-7-15/h4-5,10H,6-9,11H2,1-3H3. The minimum absolute atomic E-state index is 0.0691. The Labute approximate surface area is 124 Å². The first kappa shape index (κ1) is 15.9. The largest absolute Gasteiger partial charge is 0.339 e. The van der Waals surface area contributed by atoms with Crippen LogP contribution in [-0.2, 0) is 11.3 Å². The van der Waals surface area contributed by atoms with Gasteiger partial charge in [-0.2, -0.15) is 0 Å². The number of amides is 1. The first-order valence-electron chi connectivity index (χ1n) is 7.27. The van der Waals surface area contributed by atoms with Gasteiger partial charge in [-0.25, -0.2) is 8.78 Å². The summed E-state index contributed by atoms with van der Waals surface area (Å²) in [4.78, 5) is 18.4. The number of aryl methyl sites for hydroxylation is 1. The van der Waals surface area contributed by atoms with Crippen LogP contribution in [0.3, 0.4) is 0 Å².